The van der Waals surface area contributed by atoms with Crippen LogP contribution in [0, 0.1) is 6.92 Å². The van der Waals surface area contributed by atoms with E-state index < -0.39 is 0 Å². The lowest BCUT2D eigenvalue weighted by Gasteiger charge is -2.13. The molecule has 0 saturated carbocycles. The van der Waals surface area contributed by atoms with E-state index in [0.717, 1.165) is 27.6 Å². The molecule has 0 saturated heterocycles. The van der Waals surface area contributed by atoms with Crippen molar-refractivity contribution in [2.45, 2.75) is 6.92 Å². The molecule has 3 heterocycles. The van der Waals surface area contributed by atoms with Gasteiger partial charge in [-0.05, 0) is 37.3 Å². The van der Waals surface area contributed by atoms with Crippen molar-refractivity contribution in [3.8, 4) is 57.3 Å². The summed E-state index contributed by atoms with van der Waals surface area (Å²) in [4.78, 5) is 44.0. The Bertz CT molecular complexity index is 2380. The highest BCUT2D eigenvalue weighted by Crippen LogP contribution is 2.40. The van der Waals surface area contributed by atoms with Crippen molar-refractivity contribution >= 4 is 22.5 Å². The number of ketones is 2. The quantitative estimate of drug-likeness (QED) is 0.108. The Balaban J connectivity index is 0.000000185. The number of H-pyrrole nitrogens is 3. The van der Waals surface area contributed by atoms with Crippen LogP contribution < -0.4 is 28.4 Å². The average Bonchev–Trinajstić information content (AvgIpc) is 4.00. The minimum absolute atomic E-state index is 0.213. The van der Waals surface area contributed by atoms with E-state index in [1.807, 2.05) is 61.7 Å². The SMILES string of the molecule is COc1cc(C(=O)c2cnc(-c3c[nH]c4ccccc34)[nH]2)cc(OC)c1OC.COc1cc(C(=O)c2cnc(-c3ccc(C)cc3)[nH]2)cc(OC)c1OC. The molecule has 7 rings (SSSR count). The van der Waals surface area contributed by atoms with Gasteiger partial charge in [-0.25, -0.2) is 9.97 Å². The van der Waals surface area contributed by atoms with Gasteiger partial charge in [-0.1, -0.05) is 48.0 Å². The molecule has 0 aliphatic rings. The molecular formula is C41H39N5O8. The molecule has 54 heavy (non-hydrogen) atoms. The number of imidazole rings is 2. The Morgan fingerprint density at radius 1 is 0.574 bits per heavy atom. The first kappa shape index (κ1) is 36.8. The van der Waals surface area contributed by atoms with Gasteiger partial charge in [-0.3, -0.25) is 9.59 Å². The van der Waals surface area contributed by atoms with Crippen LogP contribution in [0.15, 0.2) is 91.4 Å². The van der Waals surface area contributed by atoms with Crippen LogP contribution in [0.25, 0.3) is 33.7 Å². The fourth-order valence-corrected chi connectivity index (χ4v) is 5.87. The summed E-state index contributed by atoms with van der Waals surface area (Å²) in [5, 5.41) is 1.03. The van der Waals surface area contributed by atoms with E-state index >= 15 is 0 Å². The fraction of sp³-hybridized carbons (Fsp3) is 0.171. The number of carbonyl (C=O) groups excluding carboxylic acids is 2. The van der Waals surface area contributed by atoms with Crippen LogP contribution >= 0.6 is 0 Å². The maximum absolute atomic E-state index is 13.0. The van der Waals surface area contributed by atoms with Crippen molar-refractivity contribution in [1.82, 2.24) is 24.9 Å². The molecule has 4 aromatic carbocycles. The molecule has 3 aromatic heterocycles. The topological polar surface area (TPSA) is 163 Å². The lowest BCUT2D eigenvalue weighted by Crippen LogP contribution is -2.04. The lowest BCUT2D eigenvalue weighted by molar-refractivity contribution is 0.102. The number of benzene rings is 4. The van der Waals surface area contributed by atoms with Crippen LogP contribution in [-0.4, -0.2) is 79.1 Å². The highest BCUT2D eigenvalue weighted by molar-refractivity contribution is 6.09. The molecule has 276 valence electrons. The number of aromatic nitrogens is 5. The molecule has 0 bridgehead atoms. The zero-order chi connectivity index (χ0) is 38.4. The zero-order valence-electron chi connectivity index (χ0n) is 30.8. The van der Waals surface area contributed by atoms with Gasteiger partial charge in [-0.2, -0.15) is 0 Å². The molecule has 0 spiro atoms. The average molecular weight is 730 g/mol. The fourth-order valence-electron chi connectivity index (χ4n) is 5.87. The van der Waals surface area contributed by atoms with Gasteiger partial charge < -0.3 is 43.4 Å². The van der Waals surface area contributed by atoms with Gasteiger partial charge in [0.05, 0.1) is 55.1 Å². The zero-order valence-corrected chi connectivity index (χ0v) is 30.8. The van der Waals surface area contributed by atoms with Crippen LogP contribution in [0.4, 0.5) is 0 Å². The van der Waals surface area contributed by atoms with E-state index in [0.29, 0.717) is 68.7 Å². The summed E-state index contributed by atoms with van der Waals surface area (Å²) in [6, 6.07) is 22.3. The Kier molecular flexibility index (Phi) is 11.0. The van der Waals surface area contributed by atoms with E-state index in [-0.39, 0.29) is 11.6 Å². The molecule has 0 amide bonds. The third-order valence-electron chi connectivity index (χ3n) is 8.66. The minimum Gasteiger partial charge on any atom is -0.493 e. The highest BCUT2D eigenvalue weighted by Gasteiger charge is 2.22. The number of nitrogens with one attached hydrogen (secondary N) is 3. The van der Waals surface area contributed by atoms with Crippen molar-refractivity contribution < 1.29 is 38.0 Å². The van der Waals surface area contributed by atoms with Gasteiger partial charge in [0.1, 0.15) is 23.0 Å². The number of fused-ring (bicyclic) bond motifs is 1. The summed E-state index contributed by atoms with van der Waals surface area (Å²) in [6.45, 7) is 2.02. The Labute approximate surface area is 311 Å². The first-order valence-electron chi connectivity index (χ1n) is 16.7. The van der Waals surface area contributed by atoms with Gasteiger partial charge in [0.15, 0.2) is 23.0 Å². The van der Waals surface area contributed by atoms with Gasteiger partial charge in [-0.15, -0.1) is 0 Å². The Hall–Kier alpha value is -7.02. The second-order valence-corrected chi connectivity index (χ2v) is 11.9. The predicted molar refractivity (Wildman–Crippen MR) is 204 cm³/mol. The number of rotatable bonds is 12. The number of hydrogen-bond acceptors (Lipinski definition) is 10. The molecule has 0 atom stereocenters. The molecule has 0 radical (unpaired) electrons. The number of carbonyl (C=O) groups is 2. The molecule has 13 nitrogen and oxygen atoms in total. The first-order chi connectivity index (χ1) is 26.2. The summed E-state index contributed by atoms with van der Waals surface area (Å²) < 4.78 is 31.9. The second kappa shape index (κ2) is 16.1. The molecular weight excluding hydrogens is 690 g/mol. The van der Waals surface area contributed by atoms with Crippen molar-refractivity contribution in [3.05, 3.63) is 119 Å². The molecule has 0 aliphatic heterocycles. The first-order valence-corrected chi connectivity index (χ1v) is 16.7. The third-order valence-corrected chi connectivity index (χ3v) is 8.66. The maximum Gasteiger partial charge on any atom is 0.211 e. The third kappa shape index (κ3) is 7.33. The van der Waals surface area contributed by atoms with E-state index in [1.165, 1.54) is 55.1 Å². The summed E-state index contributed by atoms with van der Waals surface area (Å²) in [5.74, 6) is 3.38. The Morgan fingerprint density at radius 3 is 1.52 bits per heavy atom. The van der Waals surface area contributed by atoms with Crippen molar-refractivity contribution in [1.29, 1.82) is 0 Å². The molecule has 0 fully saturated rings. The Morgan fingerprint density at radius 2 is 1.04 bits per heavy atom. The molecule has 3 N–H and O–H groups in total. The summed E-state index contributed by atoms with van der Waals surface area (Å²) in [6.07, 6.45) is 4.93. The number of methoxy groups -OCH3 is 6. The van der Waals surface area contributed by atoms with Crippen LogP contribution in [0.2, 0.25) is 0 Å². The van der Waals surface area contributed by atoms with E-state index in [4.69, 9.17) is 28.4 Å². The van der Waals surface area contributed by atoms with Gasteiger partial charge >= 0.3 is 0 Å². The van der Waals surface area contributed by atoms with Crippen molar-refractivity contribution in [2.75, 3.05) is 42.7 Å². The molecule has 0 aliphatic carbocycles. The van der Waals surface area contributed by atoms with Crippen LogP contribution in [0.1, 0.15) is 37.7 Å². The largest absolute Gasteiger partial charge is 0.493 e. The van der Waals surface area contributed by atoms with E-state index in [9.17, 15) is 9.59 Å². The van der Waals surface area contributed by atoms with Crippen molar-refractivity contribution in [3.63, 3.8) is 0 Å². The number of hydrogen-bond donors (Lipinski definition) is 3. The normalized spacial score (nSPS) is 10.6. The molecule has 0 unspecified atom stereocenters. The number of para-hydroxylation sites is 1. The predicted octanol–water partition coefficient (Wildman–Crippen LogP) is 7.46. The lowest BCUT2D eigenvalue weighted by atomic mass is 10.1. The number of nitrogens with zero attached hydrogens (tertiary/aromatic N) is 2. The number of aromatic amines is 3. The van der Waals surface area contributed by atoms with Crippen LogP contribution in [0.5, 0.6) is 34.5 Å². The van der Waals surface area contributed by atoms with Crippen LogP contribution in [-0.2, 0) is 0 Å². The molecule has 7 aromatic rings. The monoisotopic (exact) mass is 729 g/mol. The molecule has 13 heteroatoms. The van der Waals surface area contributed by atoms with Gasteiger partial charge in [0.2, 0.25) is 23.1 Å². The number of aryl methyl sites for hydroxylation is 1. The van der Waals surface area contributed by atoms with Gasteiger partial charge in [0.25, 0.3) is 0 Å². The number of ether oxygens (including phenoxy) is 6. The van der Waals surface area contributed by atoms with E-state index in [2.05, 4.69) is 24.9 Å². The highest BCUT2D eigenvalue weighted by atomic mass is 16.5. The van der Waals surface area contributed by atoms with E-state index in [1.54, 1.807) is 24.3 Å². The minimum atomic E-state index is -0.224. The summed E-state index contributed by atoms with van der Waals surface area (Å²) in [5.41, 5.74) is 5.56. The van der Waals surface area contributed by atoms with Gasteiger partial charge in [0, 0.05) is 39.4 Å². The van der Waals surface area contributed by atoms with Crippen LogP contribution in [0.3, 0.4) is 0 Å². The summed E-state index contributed by atoms with van der Waals surface area (Å²) in [7, 11) is 9.08. The van der Waals surface area contributed by atoms with Crippen molar-refractivity contribution in [2.24, 2.45) is 0 Å². The standard InChI is InChI=1S/C21H19N3O4.C20H20N2O4/c1-26-17-8-12(9-18(27-2)20(17)28-3)19(25)16-11-23-21(24-16)14-10-22-15-7-5-4-6-13(14)15;1-12-5-7-13(8-6-12)20-21-11-15(22-20)18(23)14-9-16(24-2)19(26-4)17(10-14)25-3/h4-11,22H,1-3H3,(H,23,24);5-11H,1-4H3,(H,21,22). The maximum atomic E-state index is 13.0. The summed E-state index contributed by atoms with van der Waals surface area (Å²) >= 11 is 0. The smallest absolute Gasteiger partial charge is 0.211 e. The second-order valence-electron chi connectivity index (χ2n) is 11.9.